The molecule has 0 spiro atoms. The Morgan fingerprint density at radius 2 is 2.21 bits per heavy atom. The quantitative estimate of drug-likeness (QED) is 0.730. The van der Waals surface area contributed by atoms with Crippen LogP contribution in [0.15, 0.2) is 18.3 Å². The van der Waals surface area contributed by atoms with Gasteiger partial charge in [0.05, 0.1) is 5.52 Å². The van der Waals surface area contributed by atoms with Crippen molar-refractivity contribution in [3.63, 3.8) is 0 Å². The molecular formula is C13H19N5O. The highest BCUT2D eigenvalue weighted by atomic mass is 16.3. The summed E-state index contributed by atoms with van der Waals surface area (Å²) in [6, 6.07) is 3.83. The third-order valence-corrected chi connectivity index (χ3v) is 2.93. The molecule has 19 heavy (non-hydrogen) atoms. The van der Waals surface area contributed by atoms with Crippen molar-refractivity contribution < 1.29 is 5.11 Å². The van der Waals surface area contributed by atoms with Gasteiger partial charge in [0.25, 0.3) is 0 Å². The lowest BCUT2D eigenvalue weighted by Gasteiger charge is -2.18. The average Bonchev–Trinajstić information content (AvgIpc) is 2.39. The van der Waals surface area contributed by atoms with Crippen molar-refractivity contribution in [3.05, 3.63) is 18.3 Å². The van der Waals surface area contributed by atoms with E-state index in [1.165, 1.54) is 0 Å². The number of aliphatic hydroxyl groups is 1. The molecule has 0 aliphatic carbocycles. The van der Waals surface area contributed by atoms with E-state index in [4.69, 9.17) is 10.8 Å². The van der Waals surface area contributed by atoms with Crippen LogP contribution in [0, 0.1) is 0 Å². The van der Waals surface area contributed by atoms with Gasteiger partial charge in [-0.1, -0.05) is 13.3 Å². The summed E-state index contributed by atoms with van der Waals surface area (Å²) in [6.45, 7) is 2.25. The molecule has 2 aromatic heterocycles. The molecule has 0 unspecified atom stereocenters. The molecule has 0 bridgehead atoms. The topological polar surface area (TPSA) is 97.0 Å². The Kier molecular flexibility index (Phi) is 4.46. The molecule has 6 nitrogen and oxygen atoms in total. The summed E-state index contributed by atoms with van der Waals surface area (Å²) in [5, 5.41) is 12.4. The van der Waals surface area contributed by atoms with Crippen molar-refractivity contribution in [2.75, 3.05) is 17.7 Å². The summed E-state index contributed by atoms with van der Waals surface area (Å²) in [4.78, 5) is 12.7. The summed E-state index contributed by atoms with van der Waals surface area (Å²) in [6.07, 6.45) is 4.36. The van der Waals surface area contributed by atoms with Crippen molar-refractivity contribution in [1.29, 1.82) is 0 Å². The van der Waals surface area contributed by atoms with Crippen LogP contribution in [0.4, 0.5) is 11.8 Å². The maximum Gasteiger partial charge on any atom is 0.222 e. The molecule has 0 aliphatic heterocycles. The van der Waals surface area contributed by atoms with Crippen LogP contribution in [0.2, 0.25) is 0 Å². The predicted molar refractivity (Wildman–Crippen MR) is 75.8 cm³/mol. The predicted octanol–water partition coefficient (Wildman–Crippen LogP) is 1.57. The normalized spacial score (nSPS) is 12.5. The molecule has 6 heteroatoms. The first-order valence-electron chi connectivity index (χ1n) is 6.50. The van der Waals surface area contributed by atoms with Crippen molar-refractivity contribution in [1.82, 2.24) is 15.0 Å². The molecule has 4 N–H and O–H groups in total. The zero-order valence-electron chi connectivity index (χ0n) is 11.0. The number of anilines is 2. The fourth-order valence-corrected chi connectivity index (χ4v) is 2.07. The van der Waals surface area contributed by atoms with Crippen LogP contribution in [-0.2, 0) is 0 Å². The van der Waals surface area contributed by atoms with E-state index in [1.807, 2.05) is 12.1 Å². The van der Waals surface area contributed by atoms with Crippen molar-refractivity contribution >= 4 is 22.8 Å². The highest BCUT2D eigenvalue weighted by molar-refractivity contribution is 5.85. The van der Waals surface area contributed by atoms with Crippen molar-refractivity contribution in [3.8, 4) is 0 Å². The smallest absolute Gasteiger partial charge is 0.222 e. The van der Waals surface area contributed by atoms with Crippen LogP contribution < -0.4 is 11.1 Å². The molecule has 0 aromatic carbocycles. The molecular weight excluding hydrogens is 242 g/mol. The van der Waals surface area contributed by atoms with E-state index in [2.05, 4.69) is 27.2 Å². The molecule has 2 heterocycles. The standard InChI is InChI=1S/C13H19N5O/c1-2-4-9(6-8-19)16-12-11-10(5-3-7-15-11)17-13(14)18-12/h3,5,7,9,19H,2,4,6,8H2,1H3,(H3,14,16,17,18)/t9-/m0/s1. The van der Waals surface area contributed by atoms with E-state index in [0.29, 0.717) is 17.8 Å². The van der Waals surface area contributed by atoms with Gasteiger partial charge in [-0.2, -0.15) is 4.98 Å². The molecule has 2 aromatic rings. The number of hydrogen-bond acceptors (Lipinski definition) is 6. The largest absolute Gasteiger partial charge is 0.396 e. The molecule has 2 rings (SSSR count). The molecule has 0 aliphatic rings. The molecule has 1 atom stereocenters. The fraction of sp³-hybridized carbons (Fsp3) is 0.462. The Morgan fingerprint density at radius 1 is 1.37 bits per heavy atom. The summed E-state index contributed by atoms with van der Waals surface area (Å²) in [7, 11) is 0. The van der Waals surface area contributed by atoms with E-state index >= 15 is 0 Å². The lowest BCUT2D eigenvalue weighted by Crippen LogP contribution is -2.22. The monoisotopic (exact) mass is 261 g/mol. The van der Waals surface area contributed by atoms with Crippen LogP contribution in [0.25, 0.3) is 11.0 Å². The minimum Gasteiger partial charge on any atom is -0.396 e. The number of nitrogens with zero attached hydrogens (tertiary/aromatic N) is 3. The van der Waals surface area contributed by atoms with Crippen molar-refractivity contribution in [2.24, 2.45) is 0 Å². The van der Waals surface area contributed by atoms with Gasteiger partial charge in [-0.15, -0.1) is 0 Å². The third kappa shape index (κ3) is 3.29. The maximum atomic E-state index is 9.10. The van der Waals surface area contributed by atoms with E-state index < -0.39 is 0 Å². The Bertz CT molecular complexity index is 540. The molecule has 102 valence electrons. The van der Waals surface area contributed by atoms with Gasteiger partial charge in [0.1, 0.15) is 5.52 Å². The van der Waals surface area contributed by atoms with Crippen molar-refractivity contribution in [2.45, 2.75) is 32.2 Å². The van der Waals surface area contributed by atoms with Gasteiger partial charge in [-0.25, -0.2) is 4.98 Å². The molecule has 0 amide bonds. The van der Waals surface area contributed by atoms with Crippen LogP contribution in [0.3, 0.4) is 0 Å². The number of aromatic nitrogens is 3. The van der Waals surface area contributed by atoms with E-state index in [9.17, 15) is 0 Å². The fourth-order valence-electron chi connectivity index (χ4n) is 2.07. The van der Waals surface area contributed by atoms with Gasteiger partial charge in [0, 0.05) is 18.8 Å². The lowest BCUT2D eigenvalue weighted by atomic mass is 10.1. The van der Waals surface area contributed by atoms with Crippen LogP contribution in [0.1, 0.15) is 26.2 Å². The van der Waals surface area contributed by atoms with Gasteiger partial charge in [0.2, 0.25) is 5.95 Å². The van der Waals surface area contributed by atoms with Gasteiger partial charge in [-0.3, -0.25) is 4.98 Å². The zero-order chi connectivity index (χ0) is 13.7. The van der Waals surface area contributed by atoms with Gasteiger partial charge >= 0.3 is 0 Å². The van der Waals surface area contributed by atoms with Crippen LogP contribution in [0.5, 0.6) is 0 Å². The van der Waals surface area contributed by atoms with E-state index in [1.54, 1.807) is 6.20 Å². The Morgan fingerprint density at radius 3 is 2.95 bits per heavy atom. The molecule has 0 radical (unpaired) electrons. The SMILES string of the molecule is CCC[C@@H](CCO)Nc1nc(N)nc2cccnc12. The minimum absolute atomic E-state index is 0.142. The van der Waals surface area contributed by atoms with Gasteiger partial charge < -0.3 is 16.2 Å². The zero-order valence-corrected chi connectivity index (χ0v) is 11.0. The minimum atomic E-state index is 0.142. The lowest BCUT2D eigenvalue weighted by molar-refractivity contribution is 0.276. The number of aliphatic hydroxyl groups excluding tert-OH is 1. The summed E-state index contributed by atoms with van der Waals surface area (Å²) in [5.74, 6) is 0.859. The number of nitrogens with one attached hydrogen (secondary N) is 1. The maximum absolute atomic E-state index is 9.10. The Hall–Kier alpha value is -1.95. The Labute approximate surface area is 112 Å². The number of hydrogen-bond donors (Lipinski definition) is 3. The third-order valence-electron chi connectivity index (χ3n) is 2.93. The van der Waals surface area contributed by atoms with Crippen LogP contribution >= 0.6 is 0 Å². The highest BCUT2D eigenvalue weighted by Gasteiger charge is 2.12. The first kappa shape index (κ1) is 13.5. The van der Waals surface area contributed by atoms with Gasteiger partial charge in [0.15, 0.2) is 5.82 Å². The van der Waals surface area contributed by atoms with Gasteiger partial charge in [-0.05, 0) is 25.0 Å². The van der Waals surface area contributed by atoms with E-state index in [-0.39, 0.29) is 18.6 Å². The molecule has 0 saturated carbocycles. The number of nitrogens with two attached hydrogens (primary N) is 1. The second-order valence-corrected chi connectivity index (χ2v) is 4.44. The summed E-state index contributed by atoms with van der Waals surface area (Å²) < 4.78 is 0. The number of rotatable bonds is 6. The van der Waals surface area contributed by atoms with Crippen LogP contribution in [-0.4, -0.2) is 32.7 Å². The number of pyridine rings is 1. The second-order valence-electron chi connectivity index (χ2n) is 4.44. The highest BCUT2D eigenvalue weighted by Crippen LogP contribution is 2.20. The molecule has 0 fully saturated rings. The average molecular weight is 261 g/mol. The molecule has 0 saturated heterocycles. The first-order valence-corrected chi connectivity index (χ1v) is 6.50. The number of nitrogen functional groups attached to an aromatic ring is 1. The summed E-state index contributed by atoms with van der Waals surface area (Å²) >= 11 is 0. The Balaban J connectivity index is 2.32. The van der Waals surface area contributed by atoms with E-state index in [0.717, 1.165) is 18.4 Å². The summed E-state index contributed by atoms with van der Waals surface area (Å²) in [5.41, 5.74) is 7.13. The first-order chi connectivity index (χ1) is 9.24. The number of fused-ring (bicyclic) bond motifs is 1. The second kappa shape index (κ2) is 6.29.